The van der Waals surface area contributed by atoms with E-state index in [1.54, 1.807) is 0 Å². The molecule has 166 valence electrons. The molecule has 1 heterocycles. The van der Waals surface area contributed by atoms with Crippen LogP contribution in [0, 0.1) is 6.92 Å². The quantitative estimate of drug-likeness (QED) is 0.644. The number of sulfonamides is 1. The predicted molar refractivity (Wildman–Crippen MR) is 119 cm³/mol. The first-order valence-electron chi connectivity index (χ1n) is 10.3. The molecule has 0 spiro atoms. The molecule has 2 aromatic rings. The Balaban J connectivity index is 1.52. The predicted octanol–water partition coefficient (Wildman–Crippen LogP) is 2.20. The van der Waals surface area contributed by atoms with E-state index in [1.807, 2.05) is 60.4 Å². The summed E-state index contributed by atoms with van der Waals surface area (Å²) in [5.74, 6) is -0.165. The zero-order valence-corrected chi connectivity index (χ0v) is 18.8. The van der Waals surface area contributed by atoms with Gasteiger partial charge in [-0.25, -0.2) is 8.42 Å². The van der Waals surface area contributed by atoms with Crippen molar-refractivity contribution in [3.63, 3.8) is 0 Å². The van der Waals surface area contributed by atoms with Crippen molar-refractivity contribution >= 4 is 21.8 Å². The third-order valence-electron chi connectivity index (χ3n) is 5.33. The summed E-state index contributed by atoms with van der Waals surface area (Å²) in [6.45, 7) is 3.59. The number of rotatable bonds is 9. The van der Waals surface area contributed by atoms with Crippen molar-refractivity contribution in [1.82, 2.24) is 14.5 Å². The van der Waals surface area contributed by atoms with Gasteiger partial charge in [0.15, 0.2) is 0 Å². The second kappa shape index (κ2) is 10.1. The van der Waals surface area contributed by atoms with Gasteiger partial charge in [0, 0.05) is 32.6 Å². The number of carbonyl (C=O) groups is 2. The van der Waals surface area contributed by atoms with Crippen molar-refractivity contribution in [2.75, 3.05) is 19.3 Å². The second-order valence-corrected chi connectivity index (χ2v) is 10.0. The smallest absolute Gasteiger partial charge is 0.235 e. The van der Waals surface area contributed by atoms with Crippen LogP contribution in [0.25, 0.3) is 0 Å². The molecular formula is C23H29N3O4S. The fraction of sp³-hybridized carbons (Fsp3) is 0.391. The highest BCUT2D eigenvalue weighted by Crippen LogP contribution is 2.15. The summed E-state index contributed by atoms with van der Waals surface area (Å²) in [5, 5.41) is 2.79. The normalized spacial score (nSPS) is 14.3. The Hall–Kier alpha value is -2.71. The van der Waals surface area contributed by atoms with E-state index in [0.717, 1.165) is 41.5 Å². The standard InChI is InChI=1S/C23H29N3O4S/c1-18-5-7-21(8-6-18)16-26(31(2,29)30)17-22(27)24-14-19-9-11-20(12-10-19)15-25-13-3-4-23(25)28/h5-12H,3-4,13-17H2,1-2H3,(H,24,27). The van der Waals surface area contributed by atoms with E-state index in [2.05, 4.69) is 5.32 Å². The van der Waals surface area contributed by atoms with Crippen molar-refractivity contribution in [3.8, 4) is 0 Å². The first kappa shape index (κ1) is 23.0. The van der Waals surface area contributed by atoms with Crippen LogP contribution in [0.5, 0.6) is 0 Å². The Kier molecular flexibility index (Phi) is 7.46. The number of nitrogens with one attached hydrogen (secondary N) is 1. The molecule has 3 rings (SSSR count). The van der Waals surface area contributed by atoms with E-state index < -0.39 is 10.0 Å². The van der Waals surface area contributed by atoms with E-state index in [9.17, 15) is 18.0 Å². The van der Waals surface area contributed by atoms with Gasteiger partial charge in [0.25, 0.3) is 0 Å². The zero-order chi connectivity index (χ0) is 22.4. The number of nitrogens with zero attached hydrogens (tertiary/aromatic N) is 2. The maximum absolute atomic E-state index is 12.4. The van der Waals surface area contributed by atoms with E-state index in [4.69, 9.17) is 0 Å². The molecule has 31 heavy (non-hydrogen) atoms. The van der Waals surface area contributed by atoms with Crippen LogP contribution in [0.2, 0.25) is 0 Å². The first-order valence-corrected chi connectivity index (χ1v) is 12.2. The minimum absolute atomic E-state index is 0.149. The number of carbonyl (C=O) groups excluding carboxylic acids is 2. The van der Waals surface area contributed by atoms with Crippen LogP contribution in [0.4, 0.5) is 0 Å². The molecule has 1 aliphatic rings. The Morgan fingerprint density at radius 3 is 2.23 bits per heavy atom. The summed E-state index contributed by atoms with van der Waals surface area (Å²) in [7, 11) is -3.53. The van der Waals surface area contributed by atoms with Crippen molar-refractivity contribution in [2.45, 2.75) is 39.4 Å². The fourth-order valence-corrected chi connectivity index (χ4v) is 4.19. The molecule has 0 saturated carbocycles. The molecule has 0 aliphatic carbocycles. The molecular weight excluding hydrogens is 414 g/mol. The Morgan fingerprint density at radius 1 is 1.03 bits per heavy atom. The number of aryl methyl sites for hydroxylation is 1. The number of benzene rings is 2. The molecule has 0 bridgehead atoms. The van der Waals surface area contributed by atoms with Crippen molar-refractivity contribution in [1.29, 1.82) is 0 Å². The lowest BCUT2D eigenvalue weighted by atomic mass is 10.1. The maximum Gasteiger partial charge on any atom is 0.235 e. The minimum Gasteiger partial charge on any atom is -0.351 e. The summed E-state index contributed by atoms with van der Waals surface area (Å²) in [5.41, 5.74) is 3.88. The maximum atomic E-state index is 12.4. The number of likely N-dealkylation sites (tertiary alicyclic amines) is 1. The van der Waals surface area contributed by atoms with Crippen LogP contribution in [0.3, 0.4) is 0 Å². The average Bonchev–Trinajstić information content (AvgIpc) is 3.12. The van der Waals surface area contributed by atoms with Crippen LogP contribution in [0.15, 0.2) is 48.5 Å². The van der Waals surface area contributed by atoms with E-state index in [0.29, 0.717) is 19.5 Å². The van der Waals surface area contributed by atoms with Gasteiger partial charge in [-0.2, -0.15) is 4.31 Å². The topological polar surface area (TPSA) is 86.8 Å². The van der Waals surface area contributed by atoms with Gasteiger partial charge < -0.3 is 10.2 Å². The van der Waals surface area contributed by atoms with Crippen LogP contribution in [-0.2, 0) is 39.2 Å². The molecule has 1 fully saturated rings. The van der Waals surface area contributed by atoms with Gasteiger partial charge >= 0.3 is 0 Å². The Labute approximate surface area is 184 Å². The van der Waals surface area contributed by atoms with Gasteiger partial charge in [-0.15, -0.1) is 0 Å². The van der Waals surface area contributed by atoms with Crippen LogP contribution in [-0.4, -0.2) is 48.8 Å². The van der Waals surface area contributed by atoms with Crippen LogP contribution in [0.1, 0.15) is 35.1 Å². The molecule has 1 N–H and O–H groups in total. The van der Waals surface area contributed by atoms with Gasteiger partial charge in [0.05, 0.1) is 12.8 Å². The number of hydrogen-bond acceptors (Lipinski definition) is 4. The number of hydrogen-bond donors (Lipinski definition) is 1. The summed E-state index contributed by atoms with van der Waals surface area (Å²) in [6, 6.07) is 15.3. The highest BCUT2D eigenvalue weighted by Gasteiger charge is 2.21. The van der Waals surface area contributed by atoms with E-state index >= 15 is 0 Å². The van der Waals surface area contributed by atoms with E-state index in [-0.39, 0.29) is 24.9 Å². The highest BCUT2D eigenvalue weighted by molar-refractivity contribution is 7.88. The molecule has 2 amide bonds. The lowest BCUT2D eigenvalue weighted by molar-refractivity contribution is -0.128. The second-order valence-electron chi connectivity index (χ2n) is 8.03. The molecule has 0 aromatic heterocycles. The van der Waals surface area contributed by atoms with Gasteiger partial charge in [-0.3, -0.25) is 9.59 Å². The lowest BCUT2D eigenvalue weighted by Gasteiger charge is -2.20. The minimum atomic E-state index is -3.53. The molecule has 7 nitrogen and oxygen atoms in total. The molecule has 0 radical (unpaired) electrons. The highest BCUT2D eigenvalue weighted by atomic mass is 32.2. The molecule has 0 atom stereocenters. The van der Waals surface area contributed by atoms with Crippen LogP contribution >= 0.6 is 0 Å². The van der Waals surface area contributed by atoms with E-state index in [1.165, 1.54) is 4.31 Å². The summed E-state index contributed by atoms with van der Waals surface area (Å²) >= 11 is 0. The van der Waals surface area contributed by atoms with Crippen molar-refractivity contribution < 1.29 is 18.0 Å². The van der Waals surface area contributed by atoms with Crippen molar-refractivity contribution in [2.24, 2.45) is 0 Å². The molecule has 1 saturated heterocycles. The summed E-state index contributed by atoms with van der Waals surface area (Å²) < 4.78 is 25.4. The van der Waals surface area contributed by atoms with Gasteiger partial charge in [0.2, 0.25) is 21.8 Å². The summed E-state index contributed by atoms with van der Waals surface area (Å²) in [4.78, 5) is 26.0. The molecule has 8 heteroatoms. The van der Waals surface area contributed by atoms with Gasteiger partial charge in [-0.1, -0.05) is 54.1 Å². The number of amides is 2. The van der Waals surface area contributed by atoms with Crippen molar-refractivity contribution in [3.05, 3.63) is 70.8 Å². The summed E-state index contributed by atoms with van der Waals surface area (Å²) in [6.07, 6.45) is 2.65. The lowest BCUT2D eigenvalue weighted by Crippen LogP contribution is -2.39. The Morgan fingerprint density at radius 2 is 1.65 bits per heavy atom. The molecule has 1 aliphatic heterocycles. The SMILES string of the molecule is Cc1ccc(CN(CC(=O)NCc2ccc(CN3CCCC3=O)cc2)S(C)(=O)=O)cc1. The van der Waals surface area contributed by atoms with Gasteiger partial charge in [0.1, 0.15) is 0 Å². The Bertz CT molecular complexity index is 1020. The first-order chi connectivity index (χ1) is 14.7. The average molecular weight is 444 g/mol. The largest absolute Gasteiger partial charge is 0.351 e. The van der Waals surface area contributed by atoms with Crippen LogP contribution < -0.4 is 5.32 Å². The third kappa shape index (κ3) is 6.90. The third-order valence-corrected chi connectivity index (χ3v) is 6.52. The molecule has 0 unspecified atom stereocenters. The molecule has 2 aromatic carbocycles. The zero-order valence-electron chi connectivity index (χ0n) is 18.0. The monoisotopic (exact) mass is 443 g/mol. The van der Waals surface area contributed by atoms with Gasteiger partial charge in [-0.05, 0) is 30.0 Å². The fourth-order valence-electron chi connectivity index (χ4n) is 3.46.